The molecular formula is CH2ClF3MgO2S. The van der Waals surface area contributed by atoms with Crippen LogP contribution in [-0.2, 0) is 9.05 Å². The summed E-state index contributed by atoms with van der Waals surface area (Å²) in [7, 11) is -1.51. The van der Waals surface area contributed by atoms with Gasteiger partial charge in [0.1, 0.15) is 0 Å². The molecule has 0 aliphatic heterocycles. The van der Waals surface area contributed by atoms with Gasteiger partial charge in [0.25, 0.3) is 0 Å². The highest BCUT2D eigenvalue weighted by molar-refractivity contribution is 8.14. The van der Waals surface area contributed by atoms with Crippen molar-refractivity contribution >= 4 is 42.8 Å². The number of halogens is 4. The van der Waals surface area contributed by atoms with Gasteiger partial charge in [-0.15, -0.1) is 0 Å². The molecule has 0 fully saturated rings. The molecule has 0 aromatic carbocycles. The maximum absolute atomic E-state index is 10.8. The highest BCUT2D eigenvalue weighted by atomic mass is 35.7. The highest BCUT2D eigenvalue weighted by Gasteiger charge is 2.44. The van der Waals surface area contributed by atoms with Crippen molar-refractivity contribution in [1.82, 2.24) is 0 Å². The van der Waals surface area contributed by atoms with Crippen molar-refractivity contribution in [3.63, 3.8) is 0 Å². The van der Waals surface area contributed by atoms with E-state index in [1.807, 2.05) is 0 Å². The van der Waals surface area contributed by atoms with E-state index in [2.05, 4.69) is 10.7 Å². The Kier molecular flexibility index (Phi) is 4.52. The zero-order valence-corrected chi connectivity index (χ0v) is 4.81. The van der Waals surface area contributed by atoms with Gasteiger partial charge in [0, 0.05) is 10.7 Å². The molecule has 0 aromatic heterocycles. The Labute approximate surface area is 69.9 Å². The van der Waals surface area contributed by atoms with Crippen LogP contribution in [0.5, 0.6) is 0 Å². The summed E-state index contributed by atoms with van der Waals surface area (Å²) in [5.74, 6) is 0. The molecule has 0 bridgehead atoms. The number of hydrogen-bond acceptors (Lipinski definition) is 2. The maximum atomic E-state index is 10.8. The summed E-state index contributed by atoms with van der Waals surface area (Å²) in [6.45, 7) is 0. The van der Waals surface area contributed by atoms with Gasteiger partial charge < -0.3 is 0 Å². The number of alkyl halides is 3. The Morgan fingerprint density at radius 1 is 1.22 bits per heavy atom. The average Bonchev–Trinajstić information content (AvgIpc) is 1.25. The normalized spacial score (nSPS) is 12.4. The minimum absolute atomic E-state index is 0. The first-order valence-electron chi connectivity index (χ1n) is 1.26. The first-order chi connectivity index (χ1) is 3.25. The van der Waals surface area contributed by atoms with Gasteiger partial charge in [0.15, 0.2) is 0 Å². The van der Waals surface area contributed by atoms with E-state index in [0.29, 0.717) is 0 Å². The van der Waals surface area contributed by atoms with Crippen LogP contribution < -0.4 is 0 Å². The van der Waals surface area contributed by atoms with E-state index in [4.69, 9.17) is 0 Å². The first kappa shape index (κ1) is 12.5. The second-order valence-corrected chi connectivity index (χ2v) is 3.44. The van der Waals surface area contributed by atoms with Gasteiger partial charge in [-0.25, -0.2) is 8.42 Å². The Bertz CT molecular complexity index is 171. The zero-order chi connectivity index (χ0) is 7.00. The fourth-order valence-electron chi connectivity index (χ4n) is 0. The molecule has 0 aliphatic rings. The smallest absolute Gasteiger partial charge is 0.203 e. The second-order valence-electron chi connectivity index (χ2n) is 0.884. The third-order valence-corrected chi connectivity index (χ3v) is 1.35. The van der Waals surface area contributed by atoms with E-state index in [9.17, 15) is 21.6 Å². The molecule has 0 aromatic rings. The molecule has 2 nitrogen and oxygen atoms in total. The van der Waals surface area contributed by atoms with Crippen molar-refractivity contribution in [3.05, 3.63) is 0 Å². The molecule has 0 rings (SSSR count). The quantitative estimate of drug-likeness (QED) is 0.407. The third kappa shape index (κ3) is 4.23. The van der Waals surface area contributed by atoms with E-state index in [1.54, 1.807) is 0 Å². The average molecular weight is 195 g/mol. The monoisotopic (exact) mass is 194 g/mol. The molecule has 0 amide bonds. The zero-order valence-electron chi connectivity index (χ0n) is 3.24. The van der Waals surface area contributed by atoms with Gasteiger partial charge in [0.2, 0.25) is 0 Å². The van der Waals surface area contributed by atoms with E-state index in [1.165, 1.54) is 0 Å². The van der Waals surface area contributed by atoms with Crippen LogP contribution in [0.1, 0.15) is 0 Å². The van der Waals surface area contributed by atoms with Gasteiger partial charge in [-0.2, -0.15) is 13.2 Å². The lowest BCUT2D eigenvalue weighted by atomic mass is 11.6. The highest BCUT2D eigenvalue weighted by Crippen LogP contribution is 2.25. The Hall–Kier alpha value is 0.796. The van der Waals surface area contributed by atoms with Crippen molar-refractivity contribution in [3.8, 4) is 0 Å². The molecule has 0 heterocycles. The van der Waals surface area contributed by atoms with Gasteiger partial charge in [-0.1, -0.05) is 0 Å². The Morgan fingerprint density at radius 2 is 1.33 bits per heavy atom. The van der Waals surface area contributed by atoms with Crippen LogP contribution in [0.3, 0.4) is 0 Å². The standard InChI is InChI=1S/CClF3O2S.Mg.2H/c2-8(6,7)1(3,4)5;;;. The van der Waals surface area contributed by atoms with Crippen LogP contribution in [0.15, 0.2) is 0 Å². The first-order valence-corrected chi connectivity index (χ1v) is 3.57. The summed E-state index contributed by atoms with van der Waals surface area (Å²) >= 11 is 0. The number of rotatable bonds is 0. The van der Waals surface area contributed by atoms with Gasteiger partial charge >= 0.3 is 37.6 Å². The summed E-state index contributed by atoms with van der Waals surface area (Å²) in [5.41, 5.74) is -5.32. The van der Waals surface area contributed by atoms with Crippen molar-refractivity contribution in [1.29, 1.82) is 0 Å². The molecule has 8 heteroatoms. The largest absolute Gasteiger partial charge is 0.511 e. The predicted molar refractivity (Wildman–Crippen MR) is 29.4 cm³/mol. The fraction of sp³-hybridized carbons (Fsp3) is 1.00. The van der Waals surface area contributed by atoms with Gasteiger partial charge in [-0.05, 0) is 0 Å². The van der Waals surface area contributed by atoms with Crippen molar-refractivity contribution in [2.75, 3.05) is 0 Å². The van der Waals surface area contributed by atoms with Crippen molar-refractivity contribution < 1.29 is 21.6 Å². The van der Waals surface area contributed by atoms with Gasteiger partial charge in [-0.3, -0.25) is 0 Å². The molecule has 0 atom stereocenters. The summed E-state index contributed by atoms with van der Waals surface area (Å²) in [5, 5.41) is 0. The molecule has 0 N–H and O–H groups in total. The molecule has 0 unspecified atom stereocenters. The van der Waals surface area contributed by atoms with Crippen molar-refractivity contribution in [2.24, 2.45) is 0 Å². The second kappa shape index (κ2) is 3.27. The van der Waals surface area contributed by atoms with Crippen LogP contribution in [0, 0.1) is 0 Å². The molecule has 9 heavy (non-hydrogen) atoms. The summed E-state index contributed by atoms with van der Waals surface area (Å²) in [6, 6.07) is 0. The maximum Gasteiger partial charge on any atom is 0.511 e. The Morgan fingerprint density at radius 3 is 1.33 bits per heavy atom. The minimum Gasteiger partial charge on any atom is -0.203 e. The van der Waals surface area contributed by atoms with Crippen LogP contribution in [0.25, 0.3) is 0 Å². The fourth-order valence-corrected chi connectivity index (χ4v) is 0. The molecule has 0 spiro atoms. The molecule has 0 aliphatic carbocycles. The number of hydrogen-bond donors (Lipinski definition) is 0. The summed E-state index contributed by atoms with van der Waals surface area (Å²) < 4.78 is 51.1. The molecule has 54 valence electrons. The van der Waals surface area contributed by atoms with Crippen LogP contribution in [-0.4, -0.2) is 37.0 Å². The Balaban J connectivity index is 0. The minimum atomic E-state index is -5.37. The van der Waals surface area contributed by atoms with Crippen LogP contribution >= 0.6 is 10.7 Å². The van der Waals surface area contributed by atoms with E-state index in [0.717, 1.165) is 0 Å². The van der Waals surface area contributed by atoms with Crippen LogP contribution in [0.2, 0.25) is 0 Å². The van der Waals surface area contributed by atoms with E-state index < -0.39 is 14.6 Å². The van der Waals surface area contributed by atoms with Gasteiger partial charge in [0.05, 0.1) is 0 Å². The van der Waals surface area contributed by atoms with Crippen molar-refractivity contribution in [2.45, 2.75) is 5.51 Å². The molecule has 0 radical (unpaired) electrons. The molecular weight excluding hydrogens is 193 g/mol. The lowest BCUT2D eigenvalue weighted by Crippen LogP contribution is -2.16. The van der Waals surface area contributed by atoms with E-state index >= 15 is 0 Å². The molecule has 0 saturated heterocycles. The summed E-state index contributed by atoms with van der Waals surface area (Å²) in [6.07, 6.45) is 0. The summed E-state index contributed by atoms with van der Waals surface area (Å²) in [4.78, 5) is 0. The predicted octanol–water partition coefficient (Wildman–Crippen LogP) is 0.159. The van der Waals surface area contributed by atoms with E-state index in [-0.39, 0.29) is 23.1 Å². The third-order valence-electron chi connectivity index (χ3n) is 0.276. The SMILES string of the molecule is O=S(=O)(Cl)C(F)(F)F.[MgH2]. The lowest BCUT2D eigenvalue weighted by molar-refractivity contribution is -0.0412. The molecule has 0 saturated carbocycles. The topological polar surface area (TPSA) is 34.1 Å². The van der Waals surface area contributed by atoms with Crippen LogP contribution in [0.4, 0.5) is 13.2 Å². The lowest BCUT2D eigenvalue weighted by Gasteiger charge is -1.96.